The highest BCUT2D eigenvalue weighted by Crippen LogP contribution is 2.20. The molecule has 0 amide bonds. The molecule has 2 saturated heterocycles. The summed E-state index contributed by atoms with van der Waals surface area (Å²) in [4.78, 5) is 2.59. The summed E-state index contributed by atoms with van der Waals surface area (Å²) in [6.07, 6.45) is 7.23. The summed E-state index contributed by atoms with van der Waals surface area (Å²) in [6, 6.07) is 0.711. The Labute approximate surface area is 106 Å². The van der Waals surface area contributed by atoms with Crippen LogP contribution in [0.5, 0.6) is 0 Å². The molecule has 2 heterocycles. The normalized spacial score (nSPS) is 36.7. The molecule has 2 aliphatic rings. The molecular weight excluding hydrogens is 212 g/mol. The zero-order valence-corrected chi connectivity index (χ0v) is 11.5. The number of ether oxygens (including phenoxy) is 1. The molecule has 3 nitrogen and oxygen atoms in total. The average Bonchev–Trinajstić information content (AvgIpc) is 2.60. The molecule has 0 aliphatic carbocycles. The summed E-state index contributed by atoms with van der Waals surface area (Å²) >= 11 is 0. The van der Waals surface area contributed by atoms with Gasteiger partial charge in [-0.15, -0.1) is 0 Å². The Morgan fingerprint density at radius 1 is 1.24 bits per heavy atom. The first-order valence-corrected chi connectivity index (χ1v) is 7.28. The number of hydrogen-bond acceptors (Lipinski definition) is 3. The summed E-state index contributed by atoms with van der Waals surface area (Å²) in [6.45, 7) is 7.11. The third kappa shape index (κ3) is 3.94. The fourth-order valence-electron chi connectivity index (χ4n) is 3.14. The van der Waals surface area contributed by atoms with Crippen molar-refractivity contribution in [3.63, 3.8) is 0 Å². The standard InChI is InChI=1S/C14H28N2O/c1-12-7-9-16(11-14(12)17-2)10-13-6-4-3-5-8-15-13/h12-15H,3-11H2,1-2H3. The topological polar surface area (TPSA) is 24.5 Å². The van der Waals surface area contributed by atoms with E-state index >= 15 is 0 Å². The number of rotatable bonds is 3. The Bertz CT molecular complexity index is 214. The van der Waals surface area contributed by atoms with Crippen molar-refractivity contribution in [1.82, 2.24) is 10.2 Å². The summed E-state index contributed by atoms with van der Waals surface area (Å²) in [5.74, 6) is 0.721. The smallest absolute Gasteiger partial charge is 0.0724 e. The van der Waals surface area contributed by atoms with Crippen LogP contribution in [-0.2, 0) is 4.74 Å². The predicted octanol–water partition coefficient (Wildman–Crippen LogP) is 1.88. The minimum absolute atomic E-state index is 0.439. The molecule has 0 radical (unpaired) electrons. The van der Waals surface area contributed by atoms with Gasteiger partial charge in [0.05, 0.1) is 6.10 Å². The maximum Gasteiger partial charge on any atom is 0.0724 e. The van der Waals surface area contributed by atoms with Crippen LogP contribution in [0.25, 0.3) is 0 Å². The molecule has 2 fully saturated rings. The van der Waals surface area contributed by atoms with E-state index < -0.39 is 0 Å². The second-order valence-electron chi connectivity index (χ2n) is 5.80. The highest BCUT2D eigenvalue weighted by Gasteiger charge is 2.27. The van der Waals surface area contributed by atoms with Crippen molar-refractivity contribution in [1.29, 1.82) is 0 Å². The minimum atomic E-state index is 0.439. The summed E-state index contributed by atoms with van der Waals surface area (Å²) < 4.78 is 5.59. The molecule has 2 aliphatic heterocycles. The summed E-state index contributed by atoms with van der Waals surface area (Å²) in [5, 5.41) is 3.69. The summed E-state index contributed by atoms with van der Waals surface area (Å²) in [7, 11) is 1.86. The van der Waals surface area contributed by atoms with Gasteiger partial charge in [0.2, 0.25) is 0 Å². The van der Waals surface area contributed by atoms with Gasteiger partial charge in [-0.3, -0.25) is 4.90 Å². The third-order valence-corrected chi connectivity index (χ3v) is 4.42. The van der Waals surface area contributed by atoms with Crippen molar-refractivity contribution in [3.8, 4) is 0 Å². The van der Waals surface area contributed by atoms with Crippen molar-refractivity contribution in [2.45, 2.75) is 51.2 Å². The van der Waals surface area contributed by atoms with Crippen LogP contribution in [0.2, 0.25) is 0 Å². The van der Waals surface area contributed by atoms with Gasteiger partial charge in [0.15, 0.2) is 0 Å². The van der Waals surface area contributed by atoms with E-state index in [1.807, 2.05) is 7.11 Å². The molecule has 3 heteroatoms. The van der Waals surface area contributed by atoms with Crippen LogP contribution in [0.1, 0.15) is 39.0 Å². The number of piperidine rings is 1. The van der Waals surface area contributed by atoms with Crippen LogP contribution in [-0.4, -0.2) is 50.3 Å². The largest absolute Gasteiger partial charge is 0.380 e. The molecule has 0 aromatic carbocycles. The van der Waals surface area contributed by atoms with E-state index in [0.717, 1.165) is 12.5 Å². The van der Waals surface area contributed by atoms with E-state index in [-0.39, 0.29) is 0 Å². The lowest BCUT2D eigenvalue weighted by atomic mass is 9.95. The first-order chi connectivity index (χ1) is 8.29. The number of hydrogen-bond donors (Lipinski definition) is 1. The number of likely N-dealkylation sites (tertiary alicyclic amines) is 1. The van der Waals surface area contributed by atoms with Gasteiger partial charge < -0.3 is 10.1 Å². The quantitative estimate of drug-likeness (QED) is 0.815. The van der Waals surface area contributed by atoms with Crippen molar-refractivity contribution in [2.24, 2.45) is 5.92 Å². The van der Waals surface area contributed by atoms with Crippen molar-refractivity contribution >= 4 is 0 Å². The maximum atomic E-state index is 5.59. The van der Waals surface area contributed by atoms with Crippen LogP contribution in [0, 0.1) is 5.92 Å². The van der Waals surface area contributed by atoms with E-state index in [9.17, 15) is 0 Å². The number of methoxy groups -OCH3 is 1. The van der Waals surface area contributed by atoms with Crippen LogP contribution in [0.15, 0.2) is 0 Å². The Morgan fingerprint density at radius 2 is 2.12 bits per heavy atom. The van der Waals surface area contributed by atoms with E-state index in [2.05, 4.69) is 17.1 Å². The lowest BCUT2D eigenvalue weighted by molar-refractivity contribution is -0.00750. The van der Waals surface area contributed by atoms with E-state index in [1.165, 1.54) is 51.7 Å². The molecule has 1 N–H and O–H groups in total. The Hall–Kier alpha value is -0.120. The lowest BCUT2D eigenvalue weighted by Crippen LogP contribution is -2.49. The van der Waals surface area contributed by atoms with Gasteiger partial charge in [0, 0.05) is 26.2 Å². The molecule has 0 bridgehead atoms. The Kier molecular flexibility index (Phi) is 5.26. The van der Waals surface area contributed by atoms with Gasteiger partial charge in [0.25, 0.3) is 0 Å². The molecule has 17 heavy (non-hydrogen) atoms. The number of nitrogens with zero attached hydrogens (tertiary/aromatic N) is 1. The second-order valence-corrected chi connectivity index (χ2v) is 5.80. The first kappa shape index (κ1) is 13.3. The fraction of sp³-hybridized carbons (Fsp3) is 1.00. The van der Waals surface area contributed by atoms with Gasteiger partial charge in [-0.1, -0.05) is 19.8 Å². The van der Waals surface area contributed by atoms with E-state index in [4.69, 9.17) is 4.74 Å². The predicted molar refractivity (Wildman–Crippen MR) is 71.3 cm³/mol. The molecule has 3 unspecified atom stereocenters. The van der Waals surface area contributed by atoms with Crippen molar-refractivity contribution in [3.05, 3.63) is 0 Å². The lowest BCUT2D eigenvalue weighted by Gasteiger charge is -2.37. The average molecular weight is 240 g/mol. The maximum absolute atomic E-state index is 5.59. The van der Waals surface area contributed by atoms with Crippen molar-refractivity contribution in [2.75, 3.05) is 33.3 Å². The third-order valence-electron chi connectivity index (χ3n) is 4.42. The second kappa shape index (κ2) is 6.72. The molecule has 0 aromatic heterocycles. The van der Waals surface area contributed by atoms with Crippen LogP contribution >= 0.6 is 0 Å². The van der Waals surface area contributed by atoms with Gasteiger partial charge in [-0.05, 0) is 38.3 Å². The van der Waals surface area contributed by atoms with Crippen LogP contribution < -0.4 is 5.32 Å². The molecule has 0 aromatic rings. The minimum Gasteiger partial charge on any atom is -0.380 e. The highest BCUT2D eigenvalue weighted by molar-refractivity contribution is 4.82. The monoisotopic (exact) mass is 240 g/mol. The zero-order valence-electron chi connectivity index (χ0n) is 11.5. The van der Waals surface area contributed by atoms with Gasteiger partial charge >= 0.3 is 0 Å². The van der Waals surface area contributed by atoms with Gasteiger partial charge in [0.1, 0.15) is 0 Å². The number of nitrogens with one attached hydrogen (secondary N) is 1. The SMILES string of the molecule is COC1CN(CC2CCCCCN2)CCC1C. The van der Waals surface area contributed by atoms with Crippen LogP contribution in [0.3, 0.4) is 0 Å². The molecule has 3 atom stereocenters. The van der Waals surface area contributed by atoms with Gasteiger partial charge in [-0.25, -0.2) is 0 Å². The van der Waals surface area contributed by atoms with E-state index in [1.54, 1.807) is 0 Å². The molecule has 100 valence electrons. The van der Waals surface area contributed by atoms with Crippen molar-refractivity contribution < 1.29 is 4.74 Å². The first-order valence-electron chi connectivity index (χ1n) is 7.28. The molecule has 2 rings (SSSR count). The highest BCUT2D eigenvalue weighted by atomic mass is 16.5. The summed E-state index contributed by atoms with van der Waals surface area (Å²) in [5.41, 5.74) is 0. The van der Waals surface area contributed by atoms with E-state index in [0.29, 0.717) is 12.1 Å². The fourth-order valence-corrected chi connectivity index (χ4v) is 3.14. The Balaban J connectivity index is 1.78. The van der Waals surface area contributed by atoms with Gasteiger partial charge in [-0.2, -0.15) is 0 Å². The molecular formula is C14H28N2O. The molecule has 0 saturated carbocycles. The van der Waals surface area contributed by atoms with Crippen LogP contribution in [0.4, 0.5) is 0 Å². The zero-order chi connectivity index (χ0) is 12.1. The molecule has 0 spiro atoms. The Morgan fingerprint density at radius 3 is 2.94 bits per heavy atom.